The molecule has 0 aromatic rings. The van der Waals surface area contributed by atoms with E-state index in [4.69, 9.17) is 5.73 Å². The highest BCUT2D eigenvalue weighted by Crippen LogP contribution is 2.27. The maximum absolute atomic E-state index is 5.59. The van der Waals surface area contributed by atoms with E-state index in [9.17, 15) is 0 Å². The molecule has 0 radical (unpaired) electrons. The summed E-state index contributed by atoms with van der Waals surface area (Å²) in [5.74, 6) is 0.637. The molecule has 96 valence electrons. The lowest BCUT2D eigenvalue weighted by Gasteiger charge is -2.33. The van der Waals surface area contributed by atoms with Crippen LogP contribution in [0, 0.1) is 5.92 Å². The molecule has 2 heteroatoms. The zero-order chi connectivity index (χ0) is 12.8. The van der Waals surface area contributed by atoms with Gasteiger partial charge in [-0.15, -0.1) is 0 Å². The molecule has 0 bridgehead atoms. The van der Waals surface area contributed by atoms with Crippen LogP contribution in [-0.2, 0) is 0 Å². The molecule has 1 atom stereocenters. The first-order valence-corrected chi connectivity index (χ1v) is 6.55. The van der Waals surface area contributed by atoms with Gasteiger partial charge >= 0.3 is 0 Å². The molecule has 0 aliphatic carbocycles. The lowest BCUT2D eigenvalue weighted by molar-refractivity contribution is 0.368. The Morgan fingerprint density at radius 1 is 1.53 bits per heavy atom. The van der Waals surface area contributed by atoms with Gasteiger partial charge in [-0.2, -0.15) is 0 Å². The van der Waals surface area contributed by atoms with Gasteiger partial charge in [-0.3, -0.25) is 0 Å². The molecule has 1 aliphatic heterocycles. The van der Waals surface area contributed by atoms with E-state index in [-0.39, 0.29) is 0 Å². The Kier molecular flexibility index (Phi) is 5.49. The second kappa shape index (κ2) is 6.65. The van der Waals surface area contributed by atoms with Crippen LogP contribution in [0.25, 0.3) is 0 Å². The van der Waals surface area contributed by atoms with Gasteiger partial charge in [0.1, 0.15) is 0 Å². The van der Waals surface area contributed by atoms with Crippen LogP contribution < -0.4 is 5.73 Å². The first kappa shape index (κ1) is 14.0. The molecule has 0 saturated heterocycles. The van der Waals surface area contributed by atoms with Crippen LogP contribution in [0.3, 0.4) is 0 Å². The Bertz CT molecular complexity index is 333. The standard InChI is InChI=1S/C15H26N2/c1-5-15-13(4)9-14(7-6-8-16)11-17(15)10-12(2)3/h5,9-10,14H,6-8,11,16H2,1-4H3/b15-5-. The Morgan fingerprint density at radius 3 is 2.76 bits per heavy atom. The summed E-state index contributed by atoms with van der Waals surface area (Å²) >= 11 is 0. The summed E-state index contributed by atoms with van der Waals surface area (Å²) in [5, 5.41) is 0. The van der Waals surface area contributed by atoms with Gasteiger partial charge in [0, 0.05) is 18.4 Å². The van der Waals surface area contributed by atoms with E-state index in [2.05, 4.69) is 50.9 Å². The topological polar surface area (TPSA) is 29.3 Å². The van der Waals surface area contributed by atoms with E-state index in [1.54, 1.807) is 0 Å². The highest BCUT2D eigenvalue weighted by Gasteiger charge is 2.19. The van der Waals surface area contributed by atoms with E-state index in [0.29, 0.717) is 5.92 Å². The fourth-order valence-electron chi connectivity index (χ4n) is 2.45. The van der Waals surface area contributed by atoms with Gasteiger partial charge in [0.25, 0.3) is 0 Å². The van der Waals surface area contributed by atoms with Gasteiger partial charge in [-0.25, -0.2) is 0 Å². The van der Waals surface area contributed by atoms with Gasteiger partial charge in [-0.05, 0) is 58.6 Å². The van der Waals surface area contributed by atoms with Gasteiger partial charge < -0.3 is 10.6 Å². The second-order valence-electron chi connectivity index (χ2n) is 5.07. The van der Waals surface area contributed by atoms with Crippen molar-refractivity contribution in [1.82, 2.24) is 4.90 Å². The minimum Gasteiger partial charge on any atom is -0.348 e. The van der Waals surface area contributed by atoms with Crippen molar-refractivity contribution >= 4 is 0 Å². The van der Waals surface area contributed by atoms with E-state index in [1.165, 1.54) is 23.3 Å². The van der Waals surface area contributed by atoms with Crippen molar-refractivity contribution in [3.63, 3.8) is 0 Å². The van der Waals surface area contributed by atoms with Crippen LogP contribution in [0.2, 0.25) is 0 Å². The molecule has 1 unspecified atom stereocenters. The van der Waals surface area contributed by atoms with Crippen molar-refractivity contribution in [1.29, 1.82) is 0 Å². The van der Waals surface area contributed by atoms with Crippen LogP contribution in [0.15, 0.2) is 35.2 Å². The van der Waals surface area contributed by atoms with Crippen LogP contribution in [0.5, 0.6) is 0 Å². The van der Waals surface area contributed by atoms with Crippen LogP contribution in [0.4, 0.5) is 0 Å². The fraction of sp³-hybridized carbons (Fsp3) is 0.600. The molecular weight excluding hydrogens is 208 g/mol. The normalized spacial score (nSPS) is 22.6. The van der Waals surface area contributed by atoms with Crippen molar-refractivity contribution in [3.05, 3.63) is 35.2 Å². The predicted octanol–water partition coefficient (Wildman–Crippen LogP) is 3.43. The van der Waals surface area contributed by atoms with Crippen LogP contribution >= 0.6 is 0 Å². The number of hydrogen-bond acceptors (Lipinski definition) is 2. The van der Waals surface area contributed by atoms with Gasteiger partial charge in [0.2, 0.25) is 0 Å². The Hall–Kier alpha value is -1.02. The molecule has 2 nitrogen and oxygen atoms in total. The summed E-state index contributed by atoms with van der Waals surface area (Å²) in [6.45, 7) is 10.5. The third-order valence-corrected chi connectivity index (χ3v) is 3.10. The summed E-state index contributed by atoms with van der Waals surface area (Å²) in [4.78, 5) is 2.38. The monoisotopic (exact) mass is 234 g/mol. The maximum atomic E-state index is 5.59. The largest absolute Gasteiger partial charge is 0.348 e. The Labute approximate surface area is 106 Å². The molecule has 1 heterocycles. The quantitative estimate of drug-likeness (QED) is 0.807. The van der Waals surface area contributed by atoms with Crippen molar-refractivity contribution in [2.24, 2.45) is 11.7 Å². The highest BCUT2D eigenvalue weighted by atomic mass is 15.1. The van der Waals surface area contributed by atoms with Crippen LogP contribution in [-0.4, -0.2) is 18.0 Å². The zero-order valence-corrected chi connectivity index (χ0v) is 11.7. The SMILES string of the molecule is C/C=C1/C(C)=CC(CCCN)CN1C=C(C)C. The molecule has 0 amide bonds. The zero-order valence-electron chi connectivity index (χ0n) is 11.7. The van der Waals surface area contributed by atoms with Gasteiger partial charge in [0.05, 0.1) is 0 Å². The molecule has 1 rings (SSSR count). The van der Waals surface area contributed by atoms with Gasteiger partial charge in [-0.1, -0.05) is 17.7 Å². The third-order valence-electron chi connectivity index (χ3n) is 3.10. The number of nitrogens with two attached hydrogens (primary N) is 1. The second-order valence-corrected chi connectivity index (χ2v) is 5.07. The summed E-state index contributed by atoms with van der Waals surface area (Å²) in [6.07, 6.45) is 9.16. The average Bonchev–Trinajstić information content (AvgIpc) is 2.25. The third kappa shape index (κ3) is 4.04. The van der Waals surface area contributed by atoms with E-state index >= 15 is 0 Å². The summed E-state index contributed by atoms with van der Waals surface area (Å²) in [6, 6.07) is 0. The predicted molar refractivity (Wildman–Crippen MR) is 75.4 cm³/mol. The van der Waals surface area contributed by atoms with Gasteiger partial charge in [0.15, 0.2) is 0 Å². The molecule has 0 aromatic carbocycles. The lowest BCUT2D eigenvalue weighted by atomic mass is 9.94. The Balaban J connectivity index is 2.85. The smallest absolute Gasteiger partial charge is 0.0389 e. The molecular formula is C15H26N2. The number of nitrogens with zero attached hydrogens (tertiary/aromatic N) is 1. The van der Waals surface area contributed by atoms with Crippen molar-refractivity contribution in [2.75, 3.05) is 13.1 Å². The summed E-state index contributed by atoms with van der Waals surface area (Å²) in [5.41, 5.74) is 9.67. The first-order chi connectivity index (χ1) is 8.08. The molecule has 0 saturated carbocycles. The van der Waals surface area contributed by atoms with Crippen molar-refractivity contribution < 1.29 is 0 Å². The molecule has 0 aromatic heterocycles. The number of hydrogen-bond donors (Lipinski definition) is 1. The highest BCUT2D eigenvalue weighted by molar-refractivity contribution is 5.33. The minimum atomic E-state index is 0.637. The summed E-state index contributed by atoms with van der Waals surface area (Å²) in [7, 11) is 0. The molecule has 0 fully saturated rings. The minimum absolute atomic E-state index is 0.637. The van der Waals surface area contributed by atoms with Crippen LogP contribution in [0.1, 0.15) is 40.5 Å². The number of rotatable bonds is 4. The number of allylic oxidation sites excluding steroid dienone is 3. The van der Waals surface area contributed by atoms with Crippen molar-refractivity contribution in [3.8, 4) is 0 Å². The van der Waals surface area contributed by atoms with E-state index in [0.717, 1.165) is 19.5 Å². The fourth-order valence-corrected chi connectivity index (χ4v) is 2.45. The lowest BCUT2D eigenvalue weighted by Crippen LogP contribution is -2.29. The maximum Gasteiger partial charge on any atom is 0.0389 e. The van der Waals surface area contributed by atoms with E-state index < -0.39 is 0 Å². The molecule has 2 N–H and O–H groups in total. The Morgan fingerprint density at radius 2 is 2.24 bits per heavy atom. The van der Waals surface area contributed by atoms with Crippen molar-refractivity contribution in [2.45, 2.75) is 40.5 Å². The summed E-state index contributed by atoms with van der Waals surface area (Å²) < 4.78 is 0. The average molecular weight is 234 g/mol. The van der Waals surface area contributed by atoms with E-state index in [1.807, 2.05) is 0 Å². The first-order valence-electron chi connectivity index (χ1n) is 6.55. The molecule has 1 aliphatic rings. The molecule has 0 spiro atoms. The molecule has 17 heavy (non-hydrogen) atoms.